The fourth-order valence-electron chi connectivity index (χ4n) is 1.62. The maximum atomic E-state index is 9.28. The van der Waals surface area contributed by atoms with Crippen molar-refractivity contribution in [1.29, 1.82) is 0 Å². The van der Waals surface area contributed by atoms with E-state index in [0.717, 1.165) is 29.9 Å². The molecule has 1 rings (SSSR count). The first-order chi connectivity index (χ1) is 7.69. The van der Waals surface area contributed by atoms with Gasteiger partial charge >= 0.3 is 0 Å². The lowest BCUT2D eigenvalue weighted by Gasteiger charge is -2.14. The van der Waals surface area contributed by atoms with Gasteiger partial charge in [0.05, 0.1) is 19.8 Å². The summed E-state index contributed by atoms with van der Waals surface area (Å²) in [7, 11) is 1.64. The van der Waals surface area contributed by atoms with Gasteiger partial charge in [0.2, 0.25) is 0 Å². The van der Waals surface area contributed by atoms with Crippen molar-refractivity contribution < 1.29 is 14.6 Å². The van der Waals surface area contributed by atoms with Crippen LogP contribution in [0.4, 0.5) is 0 Å². The van der Waals surface area contributed by atoms with Gasteiger partial charge in [-0.05, 0) is 38.3 Å². The molecule has 1 atom stereocenters. The van der Waals surface area contributed by atoms with Crippen molar-refractivity contribution in [2.45, 2.75) is 32.8 Å². The van der Waals surface area contributed by atoms with Crippen LogP contribution in [-0.4, -0.2) is 24.9 Å². The van der Waals surface area contributed by atoms with Gasteiger partial charge in [-0.2, -0.15) is 0 Å². The fourth-order valence-corrected chi connectivity index (χ4v) is 1.62. The molecule has 0 radical (unpaired) electrons. The van der Waals surface area contributed by atoms with Gasteiger partial charge in [-0.25, -0.2) is 0 Å². The van der Waals surface area contributed by atoms with Crippen molar-refractivity contribution in [2.75, 3.05) is 13.7 Å². The number of benzene rings is 1. The van der Waals surface area contributed by atoms with Gasteiger partial charge in [-0.1, -0.05) is 12.1 Å². The van der Waals surface area contributed by atoms with Gasteiger partial charge in [-0.15, -0.1) is 0 Å². The highest BCUT2D eigenvalue weighted by atomic mass is 16.5. The highest BCUT2D eigenvalue weighted by Crippen LogP contribution is 2.31. The Hall–Kier alpha value is -1.22. The van der Waals surface area contributed by atoms with E-state index in [2.05, 4.69) is 0 Å². The molecule has 1 aromatic carbocycles. The Morgan fingerprint density at radius 3 is 2.69 bits per heavy atom. The molecule has 0 aliphatic heterocycles. The summed E-state index contributed by atoms with van der Waals surface area (Å²) in [6, 6.07) is 5.85. The number of rotatable bonds is 6. The van der Waals surface area contributed by atoms with Crippen LogP contribution >= 0.6 is 0 Å². The number of methoxy groups -OCH3 is 1. The highest BCUT2D eigenvalue weighted by Gasteiger charge is 2.10. The van der Waals surface area contributed by atoms with Crippen LogP contribution in [0.5, 0.6) is 11.5 Å². The van der Waals surface area contributed by atoms with Crippen molar-refractivity contribution in [3.63, 3.8) is 0 Å². The molecule has 0 saturated heterocycles. The van der Waals surface area contributed by atoms with E-state index >= 15 is 0 Å². The normalized spacial score (nSPS) is 12.2. The first kappa shape index (κ1) is 12.8. The molecule has 0 bridgehead atoms. The molecule has 0 aliphatic carbocycles. The number of aryl methyl sites for hydroxylation is 1. The quantitative estimate of drug-likeness (QED) is 0.806. The van der Waals surface area contributed by atoms with Crippen molar-refractivity contribution >= 4 is 0 Å². The predicted molar refractivity (Wildman–Crippen MR) is 64.2 cm³/mol. The van der Waals surface area contributed by atoms with E-state index in [-0.39, 0.29) is 6.10 Å². The Morgan fingerprint density at radius 2 is 2.12 bits per heavy atom. The lowest BCUT2D eigenvalue weighted by Crippen LogP contribution is -2.04. The van der Waals surface area contributed by atoms with Crippen molar-refractivity contribution in [1.82, 2.24) is 0 Å². The summed E-state index contributed by atoms with van der Waals surface area (Å²) < 4.78 is 10.8. The third-order valence-electron chi connectivity index (χ3n) is 2.40. The van der Waals surface area contributed by atoms with Gasteiger partial charge in [0.1, 0.15) is 0 Å². The predicted octanol–water partition coefficient (Wildman–Crippen LogP) is 2.41. The molecule has 0 amide bonds. The zero-order chi connectivity index (χ0) is 12.0. The number of aliphatic hydroxyl groups is 1. The smallest absolute Gasteiger partial charge is 0.163 e. The third kappa shape index (κ3) is 3.42. The monoisotopic (exact) mass is 224 g/mol. The second-order valence-electron chi connectivity index (χ2n) is 3.77. The van der Waals surface area contributed by atoms with Crippen LogP contribution in [0, 0.1) is 0 Å². The maximum Gasteiger partial charge on any atom is 0.163 e. The standard InChI is InChI=1S/C13H20O3/c1-4-16-12-7-5-6-11(13(12)15-3)9-8-10(2)14/h5-7,10,14H,4,8-9H2,1-3H3/t10-/m1/s1. The van der Waals surface area contributed by atoms with E-state index in [4.69, 9.17) is 9.47 Å². The van der Waals surface area contributed by atoms with Crippen LogP contribution in [0.15, 0.2) is 18.2 Å². The molecule has 16 heavy (non-hydrogen) atoms. The average molecular weight is 224 g/mol. The Balaban J connectivity index is 2.85. The molecule has 0 fully saturated rings. The second-order valence-corrected chi connectivity index (χ2v) is 3.77. The minimum Gasteiger partial charge on any atom is -0.493 e. The van der Waals surface area contributed by atoms with E-state index in [1.54, 1.807) is 14.0 Å². The SMILES string of the molecule is CCOc1cccc(CC[C@@H](C)O)c1OC. The Bertz CT molecular complexity index is 321. The van der Waals surface area contributed by atoms with Crippen molar-refractivity contribution in [3.05, 3.63) is 23.8 Å². The average Bonchev–Trinajstić information content (AvgIpc) is 2.27. The molecule has 1 N–H and O–H groups in total. The second kappa shape index (κ2) is 6.38. The minimum atomic E-state index is -0.291. The number of aliphatic hydroxyl groups excluding tert-OH is 1. The van der Waals surface area contributed by atoms with Crippen LogP contribution in [0.2, 0.25) is 0 Å². The number of ether oxygens (including phenoxy) is 2. The summed E-state index contributed by atoms with van der Waals surface area (Å²) in [4.78, 5) is 0. The van der Waals surface area contributed by atoms with Gasteiger partial charge in [0.15, 0.2) is 11.5 Å². The van der Waals surface area contributed by atoms with Crippen LogP contribution in [0.1, 0.15) is 25.8 Å². The van der Waals surface area contributed by atoms with Crippen molar-refractivity contribution in [3.8, 4) is 11.5 Å². The summed E-state index contributed by atoms with van der Waals surface area (Å²) in [6.45, 7) is 4.36. The van der Waals surface area contributed by atoms with E-state index < -0.39 is 0 Å². The fraction of sp³-hybridized carbons (Fsp3) is 0.538. The molecule has 0 saturated carbocycles. The summed E-state index contributed by atoms with van der Waals surface area (Å²) in [5, 5.41) is 9.28. The van der Waals surface area contributed by atoms with Gasteiger partial charge in [0, 0.05) is 0 Å². The molecular weight excluding hydrogens is 204 g/mol. The minimum absolute atomic E-state index is 0.291. The van der Waals surface area contributed by atoms with E-state index in [0.29, 0.717) is 6.61 Å². The van der Waals surface area contributed by atoms with Gasteiger partial charge in [0.25, 0.3) is 0 Å². The van der Waals surface area contributed by atoms with Gasteiger partial charge in [-0.3, -0.25) is 0 Å². The Labute approximate surface area is 97.0 Å². The number of hydrogen-bond donors (Lipinski definition) is 1. The lowest BCUT2D eigenvalue weighted by atomic mass is 10.1. The van der Waals surface area contributed by atoms with Crippen molar-refractivity contribution in [2.24, 2.45) is 0 Å². The molecule has 0 spiro atoms. The molecule has 0 aliphatic rings. The van der Waals surface area contributed by atoms with Crippen LogP contribution in [-0.2, 0) is 6.42 Å². The lowest BCUT2D eigenvalue weighted by molar-refractivity contribution is 0.184. The largest absolute Gasteiger partial charge is 0.493 e. The topological polar surface area (TPSA) is 38.7 Å². The highest BCUT2D eigenvalue weighted by molar-refractivity contribution is 5.46. The molecule has 0 unspecified atom stereocenters. The molecule has 0 aromatic heterocycles. The molecule has 1 aromatic rings. The van der Waals surface area contributed by atoms with Crippen LogP contribution in [0.25, 0.3) is 0 Å². The van der Waals surface area contributed by atoms with E-state index in [1.807, 2.05) is 25.1 Å². The summed E-state index contributed by atoms with van der Waals surface area (Å²) in [5.41, 5.74) is 1.08. The molecule has 90 valence electrons. The van der Waals surface area contributed by atoms with Crippen LogP contribution < -0.4 is 9.47 Å². The maximum absolute atomic E-state index is 9.28. The molecule has 0 heterocycles. The zero-order valence-corrected chi connectivity index (χ0v) is 10.2. The van der Waals surface area contributed by atoms with E-state index in [1.165, 1.54) is 0 Å². The van der Waals surface area contributed by atoms with E-state index in [9.17, 15) is 5.11 Å². The number of para-hydroxylation sites is 1. The summed E-state index contributed by atoms with van der Waals surface area (Å²) >= 11 is 0. The Morgan fingerprint density at radius 1 is 1.38 bits per heavy atom. The first-order valence-electron chi connectivity index (χ1n) is 5.65. The molecule has 3 heteroatoms. The first-order valence-corrected chi connectivity index (χ1v) is 5.65. The van der Waals surface area contributed by atoms with Crippen LogP contribution in [0.3, 0.4) is 0 Å². The van der Waals surface area contributed by atoms with Gasteiger partial charge < -0.3 is 14.6 Å². The number of hydrogen-bond acceptors (Lipinski definition) is 3. The molecular formula is C13H20O3. The third-order valence-corrected chi connectivity index (χ3v) is 2.40. The molecule has 3 nitrogen and oxygen atoms in total. The summed E-state index contributed by atoms with van der Waals surface area (Å²) in [5.74, 6) is 1.55. The Kier molecular flexibility index (Phi) is 5.12. The zero-order valence-electron chi connectivity index (χ0n) is 10.2. The summed E-state index contributed by atoms with van der Waals surface area (Å²) in [6.07, 6.45) is 1.23.